The summed E-state index contributed by atoms with van der Waals surface area (Å²) in [5.41, 5.74) is 2.31. The molecule has 1 unspecified atom stereocenters. The van der Waals surface area contributed by atoms with Crippen molar-refractivity contribution in [1.29, 1.82) is 0 Å². The number of anilines is 1. The van der Waals surface area contributed by atoms with E-state index in [0.717, 1.165) is 24.2 Å². The molecule has 0 aliphatic heterocycles. The molecule has 1 fully saturated rings. The van der Waals surface area contributed by atoms with Crippen molar-refractivity contribution < 1.29 is 9.90 Å². The number of nitrogens with one attached hydrogen (secondary N) is 2. The number of benzene rings is 1. The smallest absolute Gasteiger partial charge is 0.221 e. The zero-order valence-electron chi connectivity index (χ0n) is 12.3. The van der Waals surface area contributed by atoms with Crippen LogP contribution in [0.3, 0.4) is 0 Å². The largest absolute Gasteiger partial charge is 0.396 e. The predicted molar refractivity (Wildman–Crippen MR) is 80.5 cm³/mol. The minimum absolute atomic E-state index is 0.0531. The van der Waals surface area contributed by atoms with Crippen LogP contribution in [0.25, 0.3) is 0 Å². The molecule has 1 aromatic carbocycles. The molecular weight excluding hydrogens is 252 g/mol. The summed E-state index contributed by atoms with van der Waals surface area (Å²) in [5.74, 6) is -0.0531. The van der Waals surface area contributed by atoms with E-state index in [1.165, 1.54) is 19.8 Å². The van der Waals surface area contributed by atoms with Crippen molar-refractivity contribution in [3.63, 3.8) is 0 Å². The summed E-state index contributed by atoms with van der Waals surface area (Å²) in [6, 6.07) is 8.16. The molecule has 1 aliphatic rings. The van der Waals surface area contributed by atoms with Crippen molar-refractivity contribution in [2.24, 2.45) is 5.41 Å². The van der Waals surface area contributed by atoms with Crippen LogP contribution in [-0.2, 0) is 4.79 Å². The number of carbonyl (C=O) groups is 1. The summed E-state index contributed by atoms with van der Waals surface area (Å²) in [4.78, 5) is 11.1. The van der Waals surface area contributed by atoms with Crippen LogP contribution < -0.4 is 10.6 Å². The third kappa shape index (κ3) is 4.05. The second-order valence-corrected chi connectivity index (χ2v) is 5.88. The van der Waals surface area contributed by atoms with Crippen molar-refractivity contribution in [3.05, 3.63) is 29.8 Å². The molecule has 1 aromatic rings. The predicted octanol–water partition coefficient (Wildman–Crippen LogP) is 2.46. The summed E-state index contributed by atoms with van der Waals surface area (Å²) >= 11 is 0. The van der Waals surface area contributed by atoms with Crippen molar-refractivity contribution in [3.8, 4) is 0 Å². The third-order valence-electron chi connectivity index (χ3n) is 4.09. The SMILES string of the molecule is CC(=O)Nc1cccc(C(C)NCC2(CCO)CC2)c1. The van der Waals surface area contributed by atoms with Crippen molar-refractivity contribution in [2.75, 3.05) is 18.5 Å². The van der Waals surface area contributed by atoms with E-state index < -0.39 is 0 Å². The summed E-state index contributed by atoms with van der Waals surface area (Å²) in [6.07, 6.45) is 3.30. The molecule has 4 nitrogen and oxygen atoms in total. The Morgan fingerprint density at radius 3 is 2.80 bits per heavy atom. The molecule has 0 aromatic heterocycles. The van der Waals surface area contributed by atoms with Gasteiger partial charge in [-0.1, -0.05) is 12.1 Å². The lowest BCUT2D eigenvalue weighted by molar-refractivity contribution is -0.114. The molecule has 20 heavy (non-hydrogen) atoms. The Hall–Kier alpha value is -1.39. The Balaban J connectivity index is 1.91. The van der Waals surface area contributed by atoms with E-state index in [9.17, 15) is 4.79 Å². The van der Waals surface area contributed by atoms with Crippen LogP contribution in [0.4, 0.5) is 5.69 Å². The zero-order chi connectivity index (χ0) is 14.6. The fourth-order valence-corrected chi connectivity index (χ4v) is 2.51. The summed E-state index contributed by atoms with van der Waals surface area (Å²) in [7, 11) is 0. The summed E-state index contributed by atoms with van der Waals surface area (Å²) in [5, 5.41) is 15.4. The highest BCUT2D eigenvalue weighted by atomic mass is 16.3. The van der Waals surface area contributed by atoms with E-state index >= 15 is 0 Å². The molecule has 1 aliphatic carbocycles. The van der Waals surface area contributed by atoms with Gasteiger partial charge in [0.05, 0.1) is 0 Å². The van der Waals surface area contributed by atoms with E-state index in [0.29, 0.717) is 5.41 Å². The van der Waals surface area contributed by atoms with Gasteiger partial charge in [0.2, 0.25) is 5.91 Å². The minimum Gasteiger partial charge on any atom is -0.396 e. The Labute approximate surface area is 120 Å². The van der Waals surface area contributed by atoms with E-state index in [2.05, 4.69) is 23.6 Å². The van der Waals surface area contributed by atoms with Crippen LogP contribution in [0.5, 0.6) is 0 Å². The first-order chi connectivity index (χ1) is 9.54. The maximum absolute atomic E-state index is 11.1. The normalized spacial score (nSPS) is 17.6. The van der Waals surface area contributed by atoms with Crippen LogP contribution in [0, 0.1) is 5.41 Å². The number of hydrogen-bond donors (Lipinski definition) is 3. The van der Waals surface area contributed by atoms with Gasteiger partial charge >= 0.3 is 0 Å². The highest BCUT2D eigenvalue weighted by Gasteiger charge is 2.41. The van der Waals surface area contributed by atoms with Gasteiger partial charge in [-0.2, -0.15) is 0 Å². The molecule has 0 bridgehead atoms. The highest BCUT2D eigenvalue weighted by molar-refractivity contribution is 5.88. The minimum atomic E-state index is -0.0531. The molecule has 1 atom stereocenters. The number of rotatable bonds is 7. The van der Waals surface area contributed by atoms with Gasteiger partial charge in [-0.15, -0.1) is 0 Å². The van der Waals surface area contributed by atoms with Gasteiger partial charge in [0.15, 0.2) is 0 Å². The van der Waals surface area contributed by atoms with E-state index in [1.807, 2.05) is 18.2 Å². The standard InChI is InChI=1S/C16H24N2O2/c1-12(17-11-16(6-7-16)8-9-19)14-4-3-5-15(10-14)18-13(2)20/h3-5,10,12,17,19H,6-9,11H2,1-2H3,(H,18,20). The summed E-state index contributed by atoms with van der Waals surface area (Å²) < 4.78 is 0. The van der Waals surface area contributed by atoms with Crippen molar-refractivity contribution in [1.82, 2.24) is 5.32 Å². The molecule has 0 radical (unpaired) electrons. The number of carbonyl (C=O) groups excluding carboxylic acids is 1. The number of aliphatic hydroxyl groups is 1. The Morgan fingerprint density at radius 1 is 1.45 bits per heavy atom. The zero-order valence-corrected chi connectivity index (χ0v) is 12.3. The Bertz CT molecular complexity index is 469. The second-order valence-electron chi connectivity index (χ2n) is 5.88. The van der Waals surface area contributed by atoms with Crippen LogP contribution in [0.15, 0.2) is 24.3 Å². The van der Waals surface area contributed by atoms with Gasteiger partial charge in [-0.3, -0.25) is 4.79 Å². The first kappa shape index (κ1) is 15.0. The molecule has 1 saturated carbocycles. The quantitative estimate of drug-likeness (QED) is 0.717. The van der Waals surface area contributed by atoms with Crippen LogP contribution in [0.1, 0.15) is 44.7 Å². The maximum Gasteiger partial charge on any atom is 0.221 e. The average molecular weight is 276 g/mol. The lowest BCUT2D eigenvalue weighted by Crippen LogP contribution is -2.27. The number of hydrogen-bond acceptors (Lipinski definition) is 3. The first-order valence-electron chi connectivity index (χ1n) is 7.26. The van der Waals surface area contributed by atoms with Crippen LogP contribution in [0.2, 0.25) is 0 Å². The first-order valence-corrected chi connectivity index (χ1v) is 7.26. The monoisotopic (exact) mass is 276 g/mol. The molecule has 1 amide bonds. The number of aliphatic hydroxyl groups excluding tert-OH is 1. The van der Waals surface area contributed by atoms with Crippen molar-refractivity contribution in [2.45, 2.75) is 39.2 Å². The van der Waals surface area contributed by atoms with Crippen LogP contribution in [-0.4, -0.2) is 24.2 Å². The molecule has 0 spiro atoms. The van der Waals surface area contributed by atoms with Gasteiger partial charge in [0.1, 0.15) is 0 Å². The van der Waals surface area contributed by atoms with E-state index in [-0.39, 0.29) is 18.6 Å². The van der Waals surface area contributed by atoms with Crippen LogP contribution >= 0.6 is 0 Å². The third-order valence-corrected chi connectivity index (χ3v) is 4.09. The summed E-state index contributed by atoms with van der Waals surface area (Å²) in [6.45, 7) is 4.86. The lowest BCUT2D eigenvalue weighted by Gasteiger charge is -2.20. The molecular formula is C16H24N2O2. The average Bonchev–Trinajstić information content (AvgIpc) is 3.16. The fraction of sp³-hybridized carbons (Fsp3) is 0.562. The second kappa shape index (κ2) is 6.37. The molecule has 2 rings (SSSR count). The molecule has 4 heteroatoms. The van der Waals surface area contributed by atoms with Gasteiger partial charge in [-0.25, -0.2) is 0 Å². The lowest BCUT2D eigenvalue weighted by atomic mass is 10.0. The molecule has 0 saturated heterocycles. The fourth-order valence-electron chi connectivity index (χ4n) is 2.51. The Kier molecular flexibility index (Phi) is 4.78. The van der Waals surface area contributed by atoms with Gasteiger partial charge in [0.25, 0.3) is 0 Å². The Morgan fingerprint density at radius 2 is 2.20 bits per heavy atom. The topological polar surface area (TPSA) is 61.4 Å². The van der Waals surface area contributed by atoms with Gasteiger partial charge in [-0.05, 0) is 49.3 Å². The van der Waals surface area contributed by atoms with E-state index in [4.69, 9.17) is 5.11 Å². The number of amides is 1. The van der Waals surface area contributed by atoms with Crippen molar-refractivity contribution >= 4 is 11.6 Å². The van der Waals surface area contributed by atoms with Gasteiger partial charge in [0, 0.05) is 31.8 Å². The van der Waals surface area contributed by atoms with Gasteiger partial charge < -0.3 is 15.7 Å². The van der Waals surface area contributed by atoms with E-state index in [1.54, 1.807) is 0 Å². The molecule has 3 N–H and O–H groups in total. The maximum atomic E-state index is 11.1. The highest BCUT2D eigenvalue weighted by Crippen LogP contribution is 2.48. The molecule has 0 heterocycles. The molecule has 110 valence electrons.